The molecule has 1 aliphatic heterocycles. The van der Waals surface area contributed by atoms with Crippen molar-refractivity contribution >= 4 is 29.0 Å². The molecule has 3 rings (SSSR count). The lowest BCUT2D eigenvalue weighted by atomic mass is 10.1. The van der Waals surface area contributed by atoms with Gasteiger partial charge in [0.15, 0.2) is 0 Å². The molecule has 21 heavy (non-hydrogen) atoms. The molecule has 0 aliphatic carbocycles. The van der Waals surface area contributed by atoms with Crippen LogP contribution in [0.5, 0.6) is 0 Å². The van der Waals surface area contributed by atoms with E-state index in [4.69, 9.17) is 5.26 Å². The standard InChI is InChI=1S/C16H13N3OS/c17-8-11-2-1-3-12(6-11)9-18-13-4-5-15-14(7-13)19-16(20)10-21-15/h1-7,18H,9-10H2,(H,19,20). The average molecular weight is 295 g/mol. The minimum Gasteiger partial charge on any atom is -0.381 e. The summed E-state index contributed by atoms with van der Waals surface area (Å²) in [6, 6.07) is 15.6. The topological polar surface area (TPSA) is 64.9 Å². The highest BCUT2D eigenvalue weighted by atomic mass is 32.2. The summed E-state index contributed by atoms with van der Waals surface area (Å²) in [5, 5.41) is 15.1. The summed E-state index contributed by atoms with van der Waals surface area (Å²) < 4.78 is 0. The van der Waals surface area contributed by atoms with Gasteiger partial charge >= 0.3 is 0 Å². The molecule has 4 nitrogen and oxygen atoms in total. The fourth-order valence-corrected chi connectivity index (χ4v) is 2.94. The molecule has 0 bridgehead atoms. The molecule has 2 N–H and O–H groups in total. The summed E-state index contributed by atoms with van der Waals surface area (Å²) >= 11 is 1.55. The third-order valence-electron chi connectivity index (χ3n) is 3.17. The van der Waals surface area contributed by atoms with E-state index in [-0.39, 0.29) is 5.91 Å². The molecule has 2 aromatic rings. The first-order chi connectivity index (χ1) is 10.2. The van der Waals surface area contributed by atoms with E-state index in [0.29, 0.717) is 17.9 Å². The van der Waals surface area contributed by atoms with Crippen molar-refractivity contribution in [1.29, 1.82) is 5.26 Å². The molecule has 0 atom stereocenters. The van der Waals surface area contributed by atoms with Crippen LogP contribution in [0.25, 0.3) is 0 Å². The zero-order valence-corrected chi connectivity index (χ0v) is 12.0. The molecule has 1 amide bonds. The second-order valence-electron chi connectivity index (χ2n) is 4.71. The fraction of sp³-hybridized carbons (Fsp3) is 0.125. The molecule has 1 heterocycles. The molecule has 0 saturated heterocycles. The molecule has 0 radical (unpaired) electrons. The minimum atomic E-state index is 0.0337. The number of hydrogen-bond donors (Lipinski definition) is 2. The Morgan fingerprint density at radius 2 is 2.19 bits per heavy atom. The molecule has 2 aromatic carbocycles. The second kappa shape index (κ2) is 5.90. The largest absolute Gasteiger partial charge is 0.381 e. The number of hydrogen-bond acceptors (Lipinski definition) is 4. The van der Waals surface area contributed by atoms with Gasteiger partial charge in [0, 0.05) is 17.1 Å². The monoisotopic (exact) mass is 295 g/mol. The van der Waals surface area contributed by atoms with Crippen molar-refractivity contribution in [2.24, 2.45) is 0 Å². The number of rotatable bonds is 3. The molecule has 0 fully saturated rings. The molecular formula is C16H13N3OS. The van der Waals surface area contributed by atoms with Crippen LogP contribution in [0.1, 0.15) is 11.1 Å². The van der Waals surface area contributed by atoms with Gasteiger partial charge in [0.25, 0.3) is 0 Å². The normalized spacial score (nSPS) is 13.0. The SMILES string of the molecule is N#Cc1cccc(CNc2ccc3c(c2)NC(=O)CS3)c1. The van der Waals surface area contributed by atoms with Crippen molar-refractivity contribution in [3.8, 4) is 6.07 Å². The lowest BCUT2D eigenvalue weighted by Crippen LogP contribution is -2.18. The van der Waals surface area contributed by atoms with Gasteiger partial charge in [0.1, 0.15) is 0 Å². The number of nitriles is 1. The van der Waals surface area contributed by atoms with Gasteiger partial charge in [0.2, 0.25) is 5.91 Å². The Balaban J connectivity index is 1.72. The van der Waals surface area contributed by atoms with Gasteiger partial charge in [-0.15, -0.1) is 11.8 Å². The van der Waals surface area contributed by atoms with Gasteiger partial charge in [0.05, 0.1) is 23.1 Å². The van der Waals surface area contributed by atoms with Crippen LogP contribution in [0.15, 0.2) is 47.4 Å². The first-order valence-corrected chi connectivity index (χ1v) is 7.53. The van der Waals surface area contributed by atoms with Gasteiger partial charge in [-0.05, 0) is 35.9 Å². The number of nitrogens with one attached hydrogen (secondary N) is 2. The Morgan fingerprint density at radius 1 is 1.29 bits per heavy atom. The molecule has 104 valence electrons. The van der Waals surface area contributed by atoms with E-state index in [1.165, 1.54) is 0 Å². The first kappa shape index (κ1) is 13.5. The predicted octanol–water partition coefficient (Wildman–Crippen LogP) is 3.21. The van der Waals surface area contributed by atoms with Crippen LogP contribution in [0.2, 0.25) is 0 Å². The first-order valence-electron chi connectivity index (χ1n) is 6.54. The van der Waals surface area contributed by atoms with E-state index in [2.05, 4.69) is 16.7 Å². The molecule has 0 unspecified atom stereocenters. The number of amides is 1. The second-order valence-corrected chi connectivity index (χ2v) is 5.73. The van der Waals surface area contributed by atoms with Crippen LogP contribution >= 0.6 is 11.8 Å². The van der Waals surface area contributed by atoms with Crippen molar-refractivity contribution in [1.82, 2.24) is 0 Å². The Kier molecular flexibility index (Phi) is 3.80. The van der Waals surface area contributed by atoms with E-state index in [1.54, 1.807) is 17.8 Å². The number of thioether (sulfide) groups is 1. The Labute approximate surface area is 127 Å². The number of anilines is 2. The van der Waals surface area contributed by atoms with Gasteiger partial charge in [-0.1, -0.05) is 12.1 Å². The van der Waals surface area contributed by atoms with Crippen molar-refractivity contribution < 1.29 is 4.79 Å². The Morgan fingerprint density at radius 3 is 3.05 bits per heavy atom. The number of carbonyl (C=O) groups is 1. The highest BCUT2D eigenvalue weighted by Crippen LogP contribution is 2.33. The van der Waals surface area contributed by atoms with Crippen LogP contribution in [-0.4, -0.2) is 11.7 Å². The quantitative estimate of drug-likeness (QED) is 0.912. The zero-order valence-electron chi connectivity index (χ0n) is 11.2. The van der Waals surface area contributed by atoms with Crippen molar-refractivity contribution in [3.63, 3.8) is 0 Å². The van der Waals surface area contributed by atoms with Crippen molar-refractivity contribution in [3.05, 3.63) is 53.6 Å². The van der Waals surface area contributed by atoms with Crippen LogP contribution in [0.3, 0.4) is 0 Å². The van der Waals surface area contributed by atoms with Crippen molar-refractivity contribution in [2.45, 2.75) is 11.4 Å². The van der Waals surface area contributed by atoms with Gasteiger partial charge < -0.3 is 10.6 Å². The number of nitrogens with zero attached hydrogens (tertiary/aromatic N) is 1. The molecule has 0 spiro atoms. The summed E-state index contributed by atoms with van der Waals surface area (Å²) in [7, 11) is 0. The molecule has 0 aromatic heterocycles. The smallest absolute Gasteiger partial charge is 0.234 e. The Hall–Kier alpha value is -2.45. The van der Waals surface area contributed by atoms with Crippen LogP contribution < -0.4 is 10.6 Å². The van der Waals surface area contributed by atoms with E-state index >= 15 is 0 Å². The van der Waals surface area contributed by atoms with E-state index in [1.807, 2.05) is 36.4 Å². The maximum Gasteiger partial charge on any atom is 0.234 e. The van der Waals surface area contributed by atoms with E-state index < -0.39 is 0 Å². The maximum absolute atomic E-state index is 11.4. The predicted molar refractivity (Wildman–Crippen MR) is 84.3 cm³/mol. The summed E-state index contributed by atoms with van der Waals surface area (Å²) in [5.74, 6) is 0.507. The molecule has 5 heteroatoms. The molecule has 1 aliphatic rings. The maximum atomic E-state index is 11.4. The highest BCUT2D eigenvalue weighted by molar-refractivity contribution is 8.00. The summed E-state index contributed by atoms with van der Waals surface area (Å²) in [6.07, 6.45) is 0. The Bertz CT molecular complexity index is 737. The van der Waals surface area contributed by atoms with Crippen molar-refractivity contribution in [2.75, 3.05) is 16.4 Å². The number of benzene rings is 2. The zero-order chi connectivity index (χ0) is 14.7. The minimum absolute atomic E-state index is 0.0337. The lowest BCUT2D eigenvalue weighted by Gasteiger charge is -2.17. The fourth-order valence-electron chi connectivity index (χ4n) is 2.15. The van der Waals surface area contributed by atoms with Crippen LogP contribution in [0.4, 0.5) is 11.4 Å². The number of carbonyl (C=O) groups excluding carboxylic acids is 1. The summed E-state index contributed by atoms with van der Waals surface area (Å²) in [4.78, 5) is 12.5. The van der Waals surface area contributed by atoms with E-state index in [9.17, 15) is 4.79 Å². The van der Waals surface area contributed by atoms with Crippen LogP contribution in [0, 0.1) is 11.3 Å². The molecule has 0 saturated carbocycles. The lowest BCUT2D eigenvalue weighted by molar-refractivity contribution is -0.113. The van der Waals surface area contributed by atoms with Crippen LogP contribution in [-0.2, 0) is 11.3 Å². The van der Waals surface area contributed by atoms with E-state index in [0.717, 1.165) is 21.8 Å². The number of fused-ring (bicyclic) bond motifs is 1. The molecular weight excluding hydrogens is 282 g/mol. The third kappa shape index (κ3) is 3.18. The summed E-state index contributed by atoms with van der Waals surface area (Å²) in [5.41, 5.74) is 3.50. The average Bonchev–Trinajstić information content (AvgIpc) is 2.52. The third-order valence-corrected chi connectivity index (χ3v) is 4.24. The highest BCUT2D eigenvalue weighted by Gasteiger charge is 2.15. The van der Waals surface area contributed by atoms with Gasteiger partial charge in [-0.2, -0.15) is 5.26 Å². The van der Waals surface area contributed by atoms with Gasteiger partial charge in [-0.25, -0.2) is 0 Å². The van der Waals surface area contributed by atoms with Gasteiger partial charge in [-0.3, -0.25) is 4.79 Å². The summed E-state index contributed by atoms with van der Waals surface area (Å²) in [6.45, 7) is 0.634.